The number of rotatable bonds is 4. The molecule has 0 heterocycles. The molecule has 0 aliphatic carbocycles. The smallest absolute Gasteiger partial charge is 0.251 e. The molecule has 1 unspecified atom stereocenters. The van der Waals surface area contributed by atoms with E-state index in [4.69, 9.17) is 11.6 Å². The molecule has 0 fully saturated rings. The summed E-state index contributed by atoms with van der Waals surface area (Å²) in [6.45, 7) is 6.60. The average Bonchev–Trinajstić information content (AvgIpc) is 2.25. The predicted octanol–water partition coefficient (Wildman–Crippen LogP) is 2.91. The minimum absolute atomic E-state index is 0.0190. The number of halogens is 1. The van der Waals surface area contributed by atoms with Gasteiger partial charge in [-0.25, -0.2) is 0 Å². The molecule has 1 aromatic rings. The number of hydrogen-bond acceptors (Lipinski definition) is 1. The van der Waals surface area contributed by atoms with Crippen LogP contribution >= 0.6 is 11.6 Å². The first-order chi connectivity index (χ1) is 7.54. The average molecular weight is 240 g/mol. The normalized spacial score (nSPS) is 12.2. The van der Waals surface area contributed by atoms with Crippen LogP contribution in [-0.4, -0.2) is 18.3 Å². The molecule has 1 rings (SSSR count). The van der Waals surface area contributed by atoms with E-state index in [1.165, 1.54) is 5.56 Å². The Balaban J connectivity index is 2.66. The molecule has 0 spiro atoms. The number of carbonyl (C=O) groups is 1. The molecular formula is C13H18ClNO. The lowest BCUT2D eigenvalue weighted by molar-refractivity contribution is 0.0948. The Labute approximate surface area is 102 Å². The minimum Gasteiger partial charge on any atom is -0.352 e. The maximum atomic E-state index is 11.8. The largest absolute Gasteiger partial charge is 0.352 e. The van der Waals surface area contributed by atoms with Crippen LogP contribution in [0.25, 0.3) is 0 Å². The van der Waals surface area contributed by atoms with Gasteiger partial charge in [0.15, 0.2) is 0 Å². The van der Waals surface area contributed by atoms with Crippen molar-refractivity contribution in [2.24, 2.45) is 5.92 Å². The number of carbonyl (C=O) groups excluding carboxylic acids is 1. The van der Waals surface area contributed by atoms with E-state index in [1.54, 1.807) is 0 Å². The fourth-order valence-corrected chi connectivity index (χ4v) is 1.59. The molecule has 1 N–H and O–H groups in total. The number of amides is 1. The van der Waals surface area contributed by atoms with Gasteiger partial charge in [-0.1, -0.05) is 24.6 Å². The van der Waals surface area contributed by atoms with Gasteiger partial charge in [-0.3, -0.25) is 4.79 Å². The number of nitrogens with one attached hydrogen (secondary N) is 1. The number of hydrogen-bond donors (Lipinski definition) is 1. The first kappa shape index (κ1) is 13.0. The molecule has 1 atom stereocenters. The summed E-state index contributed by atoms with van der Waals surface area (Å²) < 4.78 is 0. The standard InChI is InChI=1S/C13H18ClNO/c1-9-4-5-12(11(3)6-9)13(16)15-8-10(2)7-14/h4-6,10H,7-8H2,1-3H3,(H,15,16). The van der Waals surface area contributed by atoms with E-state index in [9.17, 15) is 4.79 Å². The van der Waals surface area contributed by atoms with Gasteiger partial charge in [0, 0.05) is 18.0 Å². The summed E-state index contributed by atoms with van der Waals surface area (Å²) in [5.41, 5.74) is 2.92. The van der Waals surface area contributed by atoms with Crippen molar-refractivity contribution in [2.45, 2.75) is 20.8 Å². The summed E-state index contributed by atoms with van der Waals surface area (Å²) >= 11 is 5.68. The zero-order chi connectivity index (χ0) is 12.1. The van der Waals surface area contributed by atoms with E-state index >= 15 is 0 Å². The fraction of sp³-hybridized carbons (Fsp3) is 0.462. The van der Waals surface area contributed by atoms with E-state index in [2.05, 4.69) is 5.32 Å². The molecule has 88 valence electrons. The van der Waals surface area contributed by atoms with Gasteiger partial charge in [-0.05, 0) is 31.4 Å². The quantitative estimate of drug-likeness (QED) is 0.805. The Morgan fingerprint density at radius 3 is 2.69 bits per heavy atom. The molecule has 2 nitrogen and oxygen atoms in total. The van der Waals surface area contributed by atoms with Gasteiger partial charge in [0.2, 0.25) is 0 Å². The van der Waals surface area contributed by atoms with Crippen molar-refractivity contribution in [3.05, 3.63) is 34.9 Å². The van der Waals surface area contributed by atoms with Crippen LogP contribution in [0.15, 0.2) is 18.2 Å². The summed E-state index contributed by atoms with van der Waals surface area (Å²) in [5, 5.41) is 2.89. The summed E-state index contributed by atoms with van der Waals surface area (Å²) in [7, 11) is 0. The van der Waals surface area contributed by atoms with Crippen molar-refractivity contribution in [1.82, 2.24) is 5.32 Å². The lowest BCUT2D eigenvalue weighted by Crippen LogP contribution is -2.29. The van der Waals surface area contributed by atoms with E-state index in [0.717, 1.165) is 11.1 Å². The Bertz CT molecular complexity index is 376. The van der Waals surface area contributed by atoms with Crippen LogP contribution in [0.3, 0.4) is 0 Å². The molecule has 0 saturated heterocycles. The molecule has 0 radical (unpaired) electrons. The van der Waals surface area contributed by atoms with Crippen molar-refractivity contribution in [3.63, 3.8) is 0 Å². The maximum absolute atomic E-state index is 11.8. The highest BCUT2D eigenvalue weighted by molar-refractivity contribution is 6.18. The first-order valence-corrected chi connectivity index (χ1v) is 5.99. The topological polar surface area (TPSA) is 29.1 Å². The van der Waals surface area contributed by atoms with Gasteiger partial charge in [-0.15, -0.1) is 11.6 Å². The van der Waals surface area contributed by atoms with Crippen LogP contribution in [0.2, 0.25) is 0 Å². The molecule has 0 aliphatic rings. The highest BCUT2D eigenvalue weighted by Gasteiger charge is 2.09. The molecule has 0 saturated carbocycles. The Kier molecular flexibility index (Phi) is 4.81. The Morgan fingerprint density at radius 2 is 2.12 bits per heavy atom. The molecule has 16 heavy (non-hydrogen) atoms. The van der Waals surface area contributed by atoms with Crippen LogP contribution < -0.4 is 5.32 Å². The molecule has 0 aromatic heterocycles. The van der Waals surface area contributed by atoms with Crippen molar-refractivity contribution >= 4 is 17.5 Å². The summed E-state index contributed by atoms with van der Waals surface area (Å²) in [6.07, 6.45) is 0. The van der Waals surface area contributed by atoms with Gasteiger partial charge < -0.3 is 5.32 Å². The van der Waals surface area contributed by atoms with Gasteiger partial charge in [0.1, 0.15) is 0 Å². The minimum atomic E-state index is -0.0190. The number of benzene rings is 1. The molecule has 3 heteroatoms. The van der Waals surface area contributed by atoms with Crippen molar-refractivity contribution in [3.8, 4) is 0 Å². The molecule has 1 aromatic carbocycles. The second-order valence-corrected chi connectivity index (χ2v) is 4.60. The highest BCUT2D eigenvalue weighted by Crippen LogP contribution is 2.10. The molecule has 1 amide bonds. The van der Waals surface area contributed by atoms with Crippen LogP contribution in [0, 0.1) is 19.8 Å². The lowest BCUT2D eigenvalue weighted by atomic mass is 10.1. The van der Waals surface area contributed by atoms with E-state index in [1.807, 2.05) is 39.0 Å². The zero-order valence-electron chi connectivity index (χ0n) is 10.0. The SMILES string of the molecule is Cc1ccc(C(=O)NCC(C)CCl)c(C)c1. The predicted molar refractivity (Wildman–Crippen MR) is 68.1 cm³/mol. The monoisotopic (exact) mass is 239 g/mol. The lowest BCUT2D eigenvalue weighted by Gasteiger charge is -2.11. The maximum Gasteiger partial charge on any atom is 0.251 e. The van der Waals surface area contributed by atoms with Crippen LogP contribution in [-0.2, 0) is 0 Å². The third-order valence-corrected chi connectivity index (χ3v) is 3.03. The Morgan fingerprint density at radius 1 is 1.44 bits per heavy atom. The van der Waals surface area contributed by atoms with Crippen molar-refractivity contribution in [1.29, 1.82) is 0 Å². The second-order valence-electron chi connectivity index (χ2n) is 4.29. The third-order valence-electron chi connectivity index (χ3n) is 2.50. The first-order valence-electron chi connectivity index (χ1n) is 5.46. The van der Waals surface area contributed by atoms with E-state index < -0.39 is 0 Å². The fourth-order valence-electron chi connectivity index (χ4n) is 1.49. The van der Waals surface area contributed by atoms with E-state index in [-0.39, 0.29) is 5.91 Å². The molecular weight excluding hydrogens is 222 g/mol. The van der Waals surface area contributed by atoms with Crippen molar-refractivity contribution in [2.75, 3.05) is 12.4 Å². The summed E-state index contributed by atoms with van der Waals surface area (Å²) in [5.74, 6) is 0.846. The third kappa shape index (κ3) is 3.53. The van der Waals surface area contributed by atoms with Gasteiger partial charge in [-0.2, -0.15) is 0 Å². The van der Waals surface area contributed by atoms with Crippen LogP contribution in [0.1, 0.15) is 28.4 Å². The van der Waals surface area contributed by atoms with Crippen LogP contribution in [0.5, 0.6) is 0 Å². The Hall–Kier alpha value is -1.02. The zero-order valence-corrected chi connectivity index (χ0v) is 10.8. The van der Waals surface area contributed by atoms with Gasteiger partial charge in [0.25, 0.3) is 5.91 Å². The summed E-state index contributed by atoms with van der Waals surface area (Å²) in [6, 6.07) is 5.83. The second kappa shape index (κ2) is 5.90. The molecule has 0 bridgehead atoms. The van der Waals surface area contributed by atoms with Crippen molar-refractivity contribution < 1.29 is 4.79 Å². The van der Waals surface area contributed by atoms with E-state index in [0.29, 0.717) is 18.3 Å². The number of alkyl halides is 1. The molecule has 0 aliphatic heterocycles. The van der Waals surface area contributed by atoms with Gasteiger partial charge in [0.05, 0.1) is 0 Å². The number of aryl methyl sites for hydroxylation is 2. The van der Waals surface area contributed by atoms with Gasteiger partial charge >= 0.3 is 0 Å². The summed E-state index contributed by atoms with van der Waals surface area (Å²) in [4.78, 5) is 11.8. The highest BCUT2D eigenvalue weighted by atomic mass is 35.5. The van der Waals surface area contributed by atoms with Crippen LogP contribution in [0.4, 0.5) is 0 Å².